The molecule has 1 saturated heterocycles. The summed E-state index contributed by atoms with van der Waals surface area (Å²) >= 11 is 5.82. The van der Waals surface area contributed by atoms with Crippen LogP contribution in [-0.4, -0.2) is 29.6 Å². The number of halogens is 1. The van der Waals surface area contributed by atoms with E-state index >= 15 is 0 Å². The minimum Gasteiger partial charge on any atom is -0.349 e. The molecule has 0 bridgehead atoms. The number of carbonyl (C=O) groups is 1. The Balaban J connectivity index is 1.90. The number of amides is 1. The standard InChI is InChI=1S/C11H16ClN3O/c1-15-7-8(12)5-10(15)11(16)14-6-9-3-2-4-13-9/h5,7,9,13H,2-4,6H2,1H3,(H,14,16). The van der Waals surface area contributed by atoms with Crippen LogP contribution < -0.4 is 10.6 Å². The van der Waals surface area contributed by atoms with Crippen LogP contribution in [-0.2, 0) is 7.05 Å². The third-order valence-corrected chi connectivity index (χ3v) is 3.08. The van der Waals surface area contributed by atoms with Crippen molar-refractivity contribution in [1.82, 2.24) is 15.2 Å². The summed E-state index contributed by atoms with van der Waals surface area (Å²) < 4.78 is 1.74. The van der Waals surface area contributed by atoms with Gasteiger partial charge in [-0.3, -0.25) is 4.79 Å². The predicted octanol–water partition coefficient (Wildman–Crippen LogP) is 1.16. The van der Waals surface area contributed by atoms with Crippen LogP contribution in [0.5, 0.6) is 0 Å². The smallest absolute Gasteiger partial charge is 0.268 e. The van der Waals surface area contributed by atoms with Gasteiger partial charge >= 0.3 is 0 Å². The first-order valence-corrected chi connectivity index (χ1v) is 5.88. The van der Waals surface area contributed by atoms with Crippen molar-refractivity contribution in [1.29, 1.82) is 0 Å². The molecular formula is C11H16ClN3O. The lowest BCUT2D eigenvalue weighted by atomic mass is 10.2. The van der Waals surface area contributed by atoms with Crippen LogP contribution >= 0.6 is 11.6 Å². The van der Waals surface area contributed by atoms with Crippen molar-refractivity contribution < 1.29 is 4.79 Å². The molecule has 1 aliphatic heterocycles. The molecule has 16 heavy (non-hydrogen) atoms. The highest BCUT2D eigenvalue weighted by atomic mass is 35.5. The second-order valence-corrected chi connectivity index (χ2v) is 4.59. The van der Waals surface area contributed by atoms with Gasteiger partial charge in [-0.2, -0.15) is 0 Å². The van der Waals surface area contributed by atoms with Crippen molar-refractivity contribution in [2.45, 2.75) is 18.9 Å². The van der Waals surface area contributed by atoms with Gasteiger partial charge in [0, 0.05) is 25.8 Å². The van der Waals surface area contributed by atoms with Gasteiger partial charge in [-0.1, -0.05) is 11.6 Å². The van der Waals surface area contributed by atoms with Crippen molar-refractivity contribution in [3.05, 3.63) is 23.0 Å². The summed E-state index contributed by atoms with van der Waals surface area (Å²) in [6.07, 6.45) is 4.05. The lowest BCUT2D eigenvalue weighted by molar-refractivity contribution is 0.0942. The number of nitrogens with zero attached hydrogens (tertiary/aromatic N) is 1. The molecule has 0 radical (unpaired) electrons. The Morgan fingerprint density at radius 1 is 1.75 bits per heavy atom. The average Bonchev–Trinajstić information content (AvgIpc) is 2.84. The Hall–Kier alpha value is -1.00. The Labute approximate surface area is 100.0 Å². The van der Waals surface area contributed by atoms with E-state index in [2.05, 4.69) is 10.6 Å². The molecule has 4 nitrogen and oxygen atoms in total. The van der Waals surface area contributed by atoms with Gasteiger partial charge in [0.2, 0.25) is 0 Å². The summed E-state index contributed by atoms with van der Waals surface area (Å²) in [7, 11) is 1.81. The van der Waals surface area contributed by atoms with E-state index in [-0.39, 0.29) is 5.91 Å². The van der Waals surface area contributed by atoms with Crippen molar-refractivity contribution in [2.75, 3.05) is 13.1 Å². The first-order valence-electron chi connectivity index (χ1n) is 5.50. The Kier molecular flexibility index (Phi) is 3.51. The SMILES string of the molecule is Cn1cc(Cl)cc1C(=O)NCC1CCCN1. The molecule has 0 aliphatic carbocycles. The molecule has 2 rings (SSSR count). The van der Waals surface area contributed by atoms with Crippen molar-refractivity contribution in [3.63, 3.8) is 0 Å². The Morgan fingerprint density at radius 3 is 3.12 bits per heavy atom. The molecule has 0 saturated carbocycles. The fourth-order valence-corrected chi connectivity index (χ4v) is 2.24. The fraction of sp³-hybridized carbons (Fsp3) is 0.545. The number of aryl methyl sites for hydroxylation is 1. The minimum atomic E-state index is -0.0666. The van der Waals surface area contributed by atoms with Crippen LogP contribution in [0.15, 0.2) is 12.3 Å². The summed E-state index contributed by atoms with van der Waals surface area (Å²) in [6.45, 7) is 1.73. The molecule has 0 aromatic carbocycles. The molecule has 1 fully saturated rings. The number of hydrogen-bond donors (Lipinski definition) is 2. The van der Waals surface area contributed by atoms with E-state index in [9.17, 15) is 4.79 Å². The lowest BCUT2D eigenvalue weighted by Crippen LogP contribution is -2.37. The number of hydrogen-bond acceptors (Lipinski definition) is 2. The minimum absolute atomic E-state index is 0.0666. The van der Waals surface area contributed by atoms with Gasteiger partial charge in [0.1, 0.15) is 5.69 Å². The third-order valence-electron chi connectivity index (χ3n) is 2.88. The third kappa shape index (κ3) is 2.57. The topological polar surface area (TPSA) is 46.1 Å². The van der Waals surface area contributed by atoms with Gasteiger partial charge < -0.3 is 15.2 Å². The molecule has 0 spiro atoms. The summed E-state index contributed by atoms with van der Waals surface area (Å²) in [4.78, 5) is 11.8. The second-order valence-electron chi connectivity index (χ2n) is 4.16. The summed E-state index contributed by atoms with van der Waals surface area (Å²) in [5.74, 6) is -0.0666. The van der Waals surface area contributed by atoms with Gasteiger partial charge in [-0.15, -0.1) is 0 Å². The highest BCUT2D eigenvalue weighted by molar-refractivity contribution is 6.31. The molecule has 1 atom stereocenters. The van der Waals surface area contributed by atoms with E-state index in [1.807, 2.05) is 7.05 Å². The maximum Gasteiger partial charge on any atom is 0.268 e. The van der Waals surface area contributed by atoms with E-state index in [0.717, 1.165) is 13.0 Å². The van der Waals surface area contributed by atoms with Gasteiger partial charge in [0.25, 0.3) is 5.91 Å². The highest BCUT2D eigenvalue weighted by Gasteiger charge is 2.16. The van der Waals surface area contributed by atoms with E-state index in [1.165, 1.54) is 6.42 Å². The van der Waals surface area contributed by atoms with E-state index in [1.54, 1.807) is 16.8 Å². The average molecular weight is 242 g/mol. The number of carbonyl (C=O) groups excluding carboxylic acids is 1. The summed E-state index contributed by atoms with van der Waals surface area (Å²) in [5, 5.41) is 6.84. The van der Waals surface area contributed by atoms with Gasteiger partial charge in [-0.05, 0) is 25.5 Å². The van der Waals surface area contributed by atoms with Crippen LogP contribution in [0, 0.1) is 0 Å². The first-order chi connectivity index (χ1) is 7.66. The monoisotopic (exact) mass is 241 g/mol. The molecule has 2 N–H and O–H groups in total. The number of nitrogens with one attached hydrogen (secondary N) is 2. The largest absolute Gasteiger partial charge is 0.349 e. The fourth-order valence-electron chi connectivity index (χ4n) is 1.99. The van der Waals surface area contributed by atoms with E-state index in [0.29, 0.717) is 23.3 Å². The van der Waals surface area contributed by atoms with Crippen molar-refractivity contribution in [3.8, 4) is 0 Å². The number of rotatable bonds is 3. The first kappa shape index (κ1) is 11.5. The lowest BCUT2D eigenvalue weighted by Gasteiger charge is -2.11. The van der Waals surface area contributed by atoms with Crippen LogP contribution in [0.2, 0.25) is 5.02 Å². The zero-order valence-electron chi connectivity index (χ0n) is 9.29. The van der Waals surface area contributed by atoms with Crippen LogP contribution in [0.4, 0.5) is 0 Å². The normalized spacial score (nSPS) is 20.0. The van der Waals surface area contributed by atoms with Gasteiger partial charge in [-0.25, -0.2) is 0 Å². The van der Waals surface area contributed by atoms with Gasteiger partial charge in [0.05, 0.1) is 5.02 Å². The molecule has 1 aromatic rings. The molecule has 1 aromatic heterocycles. The molecule has 88 valence electrons. The maximum atomic E-state index is 11.8. The second kappa shape index (κ2) is 4.89. The van der Waals surface area contributed by atoms with E-state index < -0.39 is 0 Å². The maximum absolute atomic E-state index is 11.8. The Bertz CT molecular complexity index is 383. The molecule has 1 unspecified atom stereocenters. The Morgan fingerprint density at radius 2 is 2.56 bits per heavy atom. The van der Waals surface area contributed by atoms with Crippen LogP contribution in [0.3, 0.4) is 0 Å². The van der Waals surface area contributed by atoms with Gasteiger partial charge in [0.15, 0.2) is 0 Å². The zero-order valence-corrected chi connectivity index (χ0v) is 10.0. The quantitative estimate of drug-likeness (QED) is 0.834. The highest BCUT2D eigenvalue weighted by Crippen LogP contribution is 2.12. The van der Waals surface area contributed by atoms with Crippen molar-refractivity contribution >= 4 is 17.5 Å². The zero-order chi connectivity index (χ0) is 11.5. The molecule has 5 heteroatoms. The van der Waals surface area contributed by atoms with Crippen molar-refractivity contribution in [2.24, 2.45) is 7.05 Å². The van der Waals surface area contributed by atoms with Crippen LogP contribution in [0.25, 0.3) is 0 Å². The predicted molar refractivity (Wildman–Crippen MR) is 63.8 cm³/mol. The molecule has 1 aliphatic rings. The summed E-state index contributed by atoms with van der Waals surface area (Å²) in [6, 6.07) is 2.10. The summed E-state index contributed by atoms with van der Waals surface area (Å²) in [5.41, 5.74) is 0.600. The van der Waals surface area contributed by atoms with E-state index in [4.69, 9.17) is 11.6 Å². The molecule has 2 heterocycles. The number of aromatic nitrogens is 1. The van der Waals surface area contributed by atoms with Crippen LogP contribution in [0.1, 0.15) is 23.3 Å². The molecule has 1 amide bonds. The molecular weight excluding hydrogens is 226 g/mol.